The lowest BCUT2D eigenvalue weighted by Crippen LogP contribution is -2.36. The number of carbonyl (C=O) groups is 3. The summed E-state index contributed by atoms with van der Waals surface area (Å²) < 4.78 is 5.36. The maximum absolute atomic E-state index is 13.1. The van der Waals surface area contributed by atoms with Crippen molar-refractivity contribution in [2.45, 2.75) is 46.5 Å². The molecule has 0 spiro atoms. The topological polar surface area (TPSA) is 63.7 Å². The first-order chi connectivity index (χ1) is 14.7. The molecule has 1 aromatic carbocycles. The molecule has 1 saturated heterocycles. The Bertz CT molecular complexity index is 957. The molecular formula is C25H30ClNO4. The third-order valence-electron chi connectivity index (χ3n) is 6.29. The number of anilines is 1. The molecular weight excluding hydrogens is 414 g/mol. The summed E-state index contributed by atoms with van der Waals surface area (Å²) in [5.74, 6) is -0.345. The van der Waals surface area contributed by atoms with Gasteiger partial charge in [-0.05, 0) is 69.4 Å². The molecule has 1 amide bonds. The summed E-state index contributed by atoms with van der Waals surface area (Å²) >= 11 is 6.33. The van der Waals surface area contributed by atoms with Crippen LogP contribution < -0.4 is 4.90 Å². The molecule has 2 aliphatic rings. The monoisotopic (exact) mass is 443 g/mol. The summed E-state index contributed by atoms with van der Waals surface area (Å²) in [7, 11) is 1.73. The quantitative estimate of drug-likeness (QED) is 0.574. The zero-order valence-corrected chi connectivity index (χ0v) is 19.4. The number of carbonyl (C=O) groups excluding carboxylic acids is 3. The zero-order chi connectivity index (χ0) is 22.7. The predicted octanol–water partition coefficient (Wildman–Crippen LogP) is 5.09. The zero-order valence-electron chi connectivity index (χ0n) is 18.7. The van der Waals surface area contributed by atoms with Gasteiger partial charge in [0.2, 0.25) is 5.91 Å². The highest BCUT2D eigenvalue weighted by Crippen LogP contribution is 2.32. The van der Waals surface area contributed by atoms with Gasteiger partial charge in [0.05, 0.1) is 0 Å². The van der Waals surface area contributed by atoms with Crippen LogP contribution in [0.15, 0.2) is 35.4 Å². The normalized spacial score (nSPS) is 19.6. The standard InChI is InChI=1S/C25H30ClNO4/c1-15-11-16(2)20(24(29)12-15)5-6-23(28)21-13-19(26)14-22(17(21)3)27(4)25(30)18-7-9-31-10-8-18/h11-14,18,20H,5-10H2,1-4H3. The molecule has 1 atom stereocenters. The van der Waals surface area contributed by atoms with Crippen LogP contribution in [0.1, 0.15) is 55.5 Å². The average molecular weight is 444 g/mol. The van der Waals surface area contributed by atoms with Crippen molar-refractivity contribution in [1.29, 1.82) is 0 Å². The molecule has 0 bridgehead atoms. The van der Waals surface area contributed by atoms with Crippen LogP contribution in [0, 0.1) is 18.8 Å². The first-order valence-electron chi connectivity index (χ1n) is 10.8. The highest BCUT2D eigenvalue weighted by Gasteiger charge is 2.28. The molecule has 1 fully saturated rings. The van der Waals surface area contributed by atoms with Crippen LogP contribution in [0.25, 0.3) is 0 Å². The van der Waals surface area contributed by atoms with E-state index >= 15 is 0 Å². The maximum atomic E-state index is 13.1. The largest absolute Gasteiger partial charge is 0.381 e. The minimum Gasteiger partial charge on any atom is -0.381 e. The Hall–Kier alpha value is -2.24. The average Bonchev–Trinajstić information content (AvgIpc) is 2.73. The number of ether oxygens (including phenoxy) is 1. The predicted molar refractivity (Wildman–Crippen MR) is 123 cm³/mol. The summed E-state index contributed by atoms with van der Waals surface area (Å²) in [5, 5.41) is 0.416. The molecule has 166 valence electrons. The Balaban J connectivity index is 1.76. The van der Waals surface area contributed by atoms with Crippen molar-refractivity contribution in [1.82, 2.24) is 0 Å². The van der Waals surface area contributed by atoms with Gasteiger partial charge in [-0.3, -0.25) is 14.4 Å². The Morgan fingerprint density at radius 2 is 1.81 bits per heavy atom. The molecule has 1 unspecified atom stereocenters. The lowest BCUT2D eigenvalue weighted by molar-refractivity contribution is -0.124. The van der Waals surface area contributed by atoms with Gasteiger partial charge in [0.25, 0.3) is 0 Å². The molecule has 6 heteroatoms. The lowest BCUT2D eigenvalue weighted by atomic mass is 9.84. The Morgan fingerprint density at radius 3 is 2.45 bits per heavy atom. The van der Waals surface area contributed by atoms with Gasteiger partial charge >= 0.3 is 0 Å². The molecule has 1 heterocycles. The van der Waals surface area contributed by atoms with Crippen LogP contribution in [0.4, 0.5) is 5.69 Å². The minimum absolute atomic E-state index is 0.0165. The van der Waals surface area contributed by atoms with Crippen molar-refractivity contribution in [2.75, 3.05) is 25.2 Å². The first-order valence-corrected chi connectivity index (χ1v) is 11.2. The number of benzene rings is 1. The molecule has 1 aromatic rings. The van der Waals surface area contributed by atoms with Gasteiger partial charge in [0.15, 0.2) is 11.6 Å². The van der Waals surface area contributed by atoms with Gasteiger partial charge < -0.3 is 9.64 Å². The molecule has 5 nitrogen and oxygen atoms in total. The SMILES string of the molecule is CC1=CC(=O)C(CCC(=O)c2cc(Cl)cc(N(C)C(=O)C3CCOCC3)c2C)C(C)=C1. The summed E-state index contributed by atoms with van der Waals surface area (Å²) in [6.45, 7) is 6.85. The first kappa shape index (κ1) is 23.4. The van der Waals surface area contributed by atoms with Crippen molar-refractivity contribution in [2.24, 2.45) is 11.8 Å². The Kier molecular flexibility index (Phi) is 7.50. The Labute approximate surface area is 189 Å². The van der Waals surface area contributed by atoms with Gasteiger partial charge in [-0.2, -0.15) is 0 Å². The Morgan fingerprint density at radius 1 is 1.13 bits per heavy atom. The van der Waals surface area contributed by atoms with Crippen molar-refractivity contribution >= 4 is 34.8 Å². The molecule has 3 rings (SSSR count). The van der Waals surface area contributed by atoms with E-state index < -0.39 is 0 Å². The van der Waals surface area contributed by atoms with Crippen LogP contribution >= 0.6 is 11.6 Å². The van der Waals surface area contributed by atoms with Gasteiger partial charge in [-0.15, -0.1) is 0 Å². The number of amides is 1. The van der Waals surface area contributed by atoms with E-state index in [9.17, 15) is 14.4 Å². The van der Waals surface area contributed by atoms with Crippen molar-refractivity contribution in [3.63, 3.8) is 0 Å². The maximum Gasteiger partial charge on any atom is 0.230 e. The minimum atomic E-state index is -0.260. The number of Topliss-reactive ketones (excluding diaryl/α,β-unsaturated/α-hetero) is 1. The number of hydrogen-bond acceptors (Lipinski definition) is 4. The smallest absolute Gasteiger partial charge is 0.230 e. The van der Waals surface area contributed by atoms with Crippen LogP contribution in [-0.4, -0.2) is 37.7 Å². The van der Waals surface area contributed by atoms with E-state index in [-0.39, 0.29) is 35.7 Å². The van der Waals surface area contributed by atoms with Crippen LogP contribution in [0.5, 0.6) is 0 Å². The molecule has 0 aromatic heterocycles. The van der Waals surface area contributed by atoms with Crippen molar-refractivity contribution in [3.8, 4) is 0 Å². The second-order valence-electron chi connectivity index (χ2n) is 8.57. The third-order valence-corrected chi connectivity index (χ3v) is 6.50. The highest BCUT2D eigenvalue weighted by atomic mass is 35.5. The second kappa shape index (κ2) is 9.92. The highest BCUT2D eigenvalue weighted by molar-refractivity contribution is 6.31. The summed E-state index contributed by atoms with van der Waals surface area (Å²) in [4.78, 5) is 40.0. The number of halogens is 1. The molecule has 0 N–H and O–H groups in total. The third kappa shape index (κ3) is 5.34. The molecule has 1 aliphatic heterocycles. The molecule has 1 aliphatic carbocycles. The lowest BCUT2D eigenvalue weighted by Gasteiger charge is -2.28. The van der Waals surface area contributed by atoms with E-state index in [1.807, 2.05) is 26.8 Å². The van der Waals surface area contributed by atoms with Crippen molar-refractivity contribution < 1.29 is 19.1 Å². The summed E-state index contributed by atoms with van der Waals surface area (Å²) in [6, 6.07) is 3.39. The van der Waals surface area contributed by atoms with Crippen LogP contribution in [0.3, 0.4) is 0 Å². The van der Waals surface area contributed by atoms with Gasteiger partial charge in [0, 0.05) is 54.8 Å². The number of ketones is 2. The van der Waals surface area contributed by atoms with Gasteiger partial charge in [0.1, 0.15) is 0 Å². The number of hydrogen-bond donors (Lipinski definition) is 0. The summed E-state index contributed by atoms with van der Waals surface area (Å²) in [6.07, 6.45) is 5.74. The number of rotatable bonds is 6. The van der Waals surface area contributed by atoms with E-state index in [0.29, 0.717) is 48.7 Å². The van der Waals surface area contributed by atoms with Crippen LogP contribution in [-0.2, 0) is 14.3 Å². The van der Waals surface area contributed by atoms with E-state index in [0.717, 1.165) is 16.7 Å². The van der Waals surface area contributed by atoms with Crippen molar-refractivity contribution in [3.05, 3.63) is 51.6 Å². The summed E-state index contributed by atoms with van der Waals surface area (Å²) in [5.41, 5.74) is 3.82. The second-order valence-corrected chi connectivity index (χ2v) is 9.01. The fourth-order valence-electron chi connectivity index (χ4n) is 4.47. The number of allylic oxidation sites excluding steroid dienone is 4. The van der Waals surface area contributed by atoms with E-state index in [1.54, 1.807) is 30.2 Å². The van der Waals surface area contributed by atoms with Gasteiger partial charge in [-0.25, -0.2) is 0 Å². The van der Waals surface area contributed by atoms with E-state index in [4.69, 9.17) is 16.3 Å². The molecule has 0 saturated carbocycles. The fraction of sp³-hybridized carbons (Fsp3) is 0.480. The van der Waals surface area contributed by atoms with E-state index in [1.165, 1.54) is 0 Å². The van der Waals surface area contributed by atoms with Crippen LogP contribution in [0.2, 0.25) is 5.02 Å². The molecule has 0 radical (unpaired) electrons. The fourth-order valence-corrected chi connectivity index (χ4v) is 4.68. The molecule has 31 heavy (non-hydrogen) atoms. The van der Waals surface area contributed by atoms with E-state index in [2.05, 4.69) is 0 Å². The number of nitrogens with zero attached hydrogens (tertiary/aromatic N) is 1. The van der Waals surface area contributed by atoms with Gasteiger partial charge in [-0.1, -0.05) is 23.3 Å².